The van der Waals surface area contributed by atoms with Gasteiger partial charge in [-0.2, -0.15) is 0 Å². The fraction of sp³-hybridized carbons (Fsp3) is 0.500. The minimum absolute atomic E-state index is 0.183. The molecule has 16 heavy (non-hydrogen) atoms. The summed E-state index contributed by atoms with van der Waals surface area (Å²) in [7, 11) is 0. The van der Waals surface area contributed by atoms with E-state index in [1.807, 2.05) is 18.2 Å². The van der Waals surface area contributed by atoms with Crippen molar-refractivity contribution in [3.63, 3.8) is 0 Å². The first-order valence-electron chi connectivity index (χ1n) is 5.60. The first-order valence-corrected chi connectivity index (χ1v) is 6.39. The lowest BCUT2D eigenvalue weighted by atomic mass is 10.1. The number of aliphatic hydroxyl groups is 1. The van der Waals surface area contributed by atoms with Crippen molar-refractivity contribution in [1.29, 1.82) is 0 Å². The third-order valence-electron chi connectivity index (χ3n) is 3.02. The number of hydrogen-bond acceptors (Lipinski definition) is 3. The maximum absolute atomic E-state index is 9.61. The minimum atomic E-state index is -0.183. The summed E-state index contributed by atoms with van der Waals surface area (Å²) >= 11 is 3.52. The van der Waals surface area contributed by atoms with Gasteiger partial charge in [-0.05, 0) is 31.5 Å². The first-order chi connectivity index (χ1) is 7.66. The summed E-state index contributed by atoms with van der Waals surface area (Å²) in [6, 6.07) is 5.86. The number of piperidine rings is 1. The fourth-order valence-corrected chi connectivity index (χ4v) is 2.65. The highest BCUT2D eigenvalue weighted by atomic mass is 79.9. The molecule has 0 aromatic heterocycles. The van der Waals surface area contributed by atoms with Crippen molar-refractivity contribution in [2.45, 2.75) is 25.5 Å². The van der Waals surface area contributed by atoms with Crippen LogP contribution in [0.15, 0.2) is 22.7 Å². The predicted molar refractivity (Wildman–Crippen MR) is 69.1 cm³/mol. The summed E-state index contributed by atoms with van der Waals surface area (Å²) in [4.78, 5) is 2.25. The minimum Gasteiger partial charge on any atom is -0.398 e. The molecule has 1 heterocycles. The molecule has 0 spiro atoms. The second kappa shape index (κ2) is 5.17. The molecule has 3 nitrogen and oxygen atoms in total. The SMILES string of the molecule is Nc1cccc(Br)c1CN1CCCC(O)C1. The van der Waals surface area contributed by atoms with Gasteiger partial charge < -0.3 is 10.8 Å². The Hall–Kier alpha value is -0.580. The van der Waals surface area contributed by atoms with Crippen molar-refractivity contribution < 1.29 is 5.11 Å². The van der Waals surface area contributed by atoms with E-state index in [0.29, 0.717) is 0 Å². The highest BCUT2D eigenvalue weighted by Crippen LogP contribution is 2.25. The largest absolute Gasteiger partial charge is 0.398 e. The third kappa shape index (κ3) is 2.75. The van der Waals surface area contributed by atoms with Gasteiger partial charge in [0, 0.05) is 28.8 Å². The number of hydrogen-bond donors (Lipinski definition) is 2. The number of rotatable bonds is 2. The summed E-state index contributed by atoms with van der Waals surface area (Å²) in [6.07, 6.45) is 1.80. The maximum Gasteiger partial charge on any atom is 0.0667 e. The zero-order valence-corrected chi connectivity index (χ0v) is 10.8. The Kier molecular flexibility index (Phi) is 3.84. The van der Waals surface area contributed by atoms with Gasteiger partial charge >= 0.3 is 0 Å². The van der Waals surface area contributed by atoms with Crippen LogP contribution in [0.2, 0.25) is 0 Å². The van der Waals surface area contributed by atoms with Gasteiger partial charge in [-0.1, -0.05) is 22.0 Å². The van der Waals surface area contributed by atoms with E-state index >= 15 is 0 Å². The van der Waals surface area contributed by atoms with E-state index < -0.39 is 0 Å². The molecule has 1 aliphatic rings. The van der Waals surface area contributed by atoms with Crippen molar-refractivity contribution >= 4 is 21.6 Å². The summed E-state index contributed by atoms with van der Waals surface area (Å²) in [6.45, 7) is 2.60. The van der Waals surface area contributed by atoms with E-state index in [0.717, 1.165) is 48.2 Å². The van der Waals surface area contributed by atoms with Crippen LogP contribution in [0, 0.1) is 0 Å². The molecule has 1 unspecified atom stereocenters. The molecule has 0 radical (unpaired) electrons. The summed E-state index contributed by atoms with van der Waals surface area (Å²) < 4.78 is 1.05. The molecule has 3 N–H and O–H groups in total. The van der Waals surface area contributed by atoms with E-state index in [9.17, 15) is 5.11 Å². The third-order valence-corrected chi connectivity index (χ3v) is 3.76. The Morgan fingerprint density at radius 2 is 2.31 bits per heavy atom. The van der Waals surface area contributed by atoms with Gasteiger partial charge in [0.15, 0.2) is 0 Å². The molecule has 0 bridgehead atoms. The Bertz CT molecular complexity index is 350. The van der Waals surface area contributed by atoms with E-state index in [2.05, 4.69) is 20.8 Å². The first kappa shape index (κ1) is 11.9. The van der Waals surface area contributed by atoms with Crippen LogP contribution in [0.3, 0.4) is 0 Å². The number of β-amino-alcohol motifs (C(OH)–C–C–N with tert-alkyl or cyclic N) is 1. The number of nitrogen functional groups attached to an aromatic ring is 1. The average Bonchev–Trinajstić information content (AvgIpc) is 2.24. The van der Waals surface area contributed by atoms with Crippen LogP contribution in [0.25, 0.3) is 0 Å². The highest BCUT2D eigenvalue weighted by molar-refractivity contribution is 9.10. The van der Waals surface area contributed by atoms with Crippen LogP contribution in [-0.2, 0) is 6.54 Å². The second-order valence-electron chi connectivity index (χ2n) is 4.34. The van der Waals surface area contributed by atoms with Crippen LogP contribution in [-0.4, -0.2) is 29.2 Å². The van der Waals surface area contributed by atoms with Gasteiger partial charge in [0.25, 0.3) is 0 Å². The molecule has 0 saturated carbocycles. The normalized spacial score (nSPS) is 22.2. The van der Waals surface area contributed by atoms with Gasteiger partial charge in [-0.3, -0.25) is 4.90 Å². The molecule has 4 heteroatoms. The summed E-state index contributed by atoms with van der Waals surface area (Å²) in [5, 5.41) is 9.61. The molecule has 1 atom stereocenters. The Balaban J connectivity index is 2.08. The molecular weight excluding hydrogens is 268 g/mol. The number of halogens is 1. The lowest BCUT2D eigenvalue weighted by molar-refractivity contribution is 0.0668. The molecule has 1 aromatic rings. The zero-order chi connectivity index (χ0) is 11.5. The molecule has 0 amide bonds. The quantitative estimate of drug-likeness (QED) is 0.817. The maximum atomic E-state index is 9.61. The van der Waals surface area contributed by atoms with Crippen LogP contribution >= 0.6 is 15.9 Å². The lowest BCUT2D eigenvalue weighted by Crippen LogP contribution is -2.37. The van der Waals surface area contributed by atoms with Crippen molar-refractivity contribution in [3.8, 4) is 0 Å². The predicted octanol–water partition coefficient (Wildman–Crippen LogP) is 1.99. The van der Waals surface area contributed by atoms with Gasteiger partial charge in [-0.15, -0.1) is 0 Å². The Labute approximate surface area is 104 Å². The van der Waals surface area contributed by atoms with Crippen LogP contribution < -0.4 is 5.73 Å². The van der Waals surface area contributed by atoms with Crippen LogP contribution in [0.5, 0.6) is 0 Å². The van der Waals surface area contributed by atoms with Gasteiger partial charge in [0.05, 0.1) is 6.10 Å². The van der Waals surface area contributed by atoms with E-state index in [-0.39, 0.29) is 6.10 Å². The Morgan fingerprint density at radius 1 is 1.50 bits per heavy atom. The molecule has 88 valence electrons. The topological polar surface area (TPSA) is 49.5 Å². The smallest absolute Gasteiger partial charge is 0.0667 e. The number of nitrogens with zero attached hydrogens (tertiary/aromatic N) is 1. The van der Waals surface area contributed by atoms with Gasteiger partial charge in [-0.25, -0.2) is 0 Å². The zero-order valence-electron chi connectivity index (χ0n) is 9.19. The van der Waals surface area contributed by atoms with Crippen LogP contribution in [0.4, 0.5) is 5.69 Å². The molecule has 2 rings (SSSR count). The second-order valence-corrected chi connectivity index (χ2v) is 5.19. The lowest BCUT2D eigenvalue weighted by Gasteiger charge is -2.30. The number of anilines is 1. The summed E-state index contributed by atoms with van der Waals surface area (Å²) in [5.41, 5.74) is 7.89. The van der Waals surface area contributed by atoms with Crippen molar-refractivity contribution in [3.05, 3.63) is 28.2 Å². The highest BCUT2D eigenvalue weighted by Gasteiger charge is 2.19. The molecule has 0 aliphatic carbocycles. The molecular formula is C12H17BrN2O. The molecule has 1 aromatic carbocycles. The molecule has 1 aliphatic heterocycles. The van der Waals surface area contributed by atoms with Gasteiger partial charge in [0.2, 0.25) is 0 Å². The number of likely N-dealkylation sites (tertiary alicyclic amines) is 1. The number of aliphatic hydroxyl groups excluding tert-OH is 1. The van der Waals surface area contributed by atoms with E-state index in [4.69, 9.17) is 5.73 Å². The monoisotopic (exact) mass is 284 g/mol. The summed E-state index contributed by atoms with van der Waals surface area (Å²) in [5.74, 6) is 0. The molecule has 1 saturated heterocycles. The van der Waals surface area contributed by atoms with E-state index in [1.165, 1.54) is 0 Å². The number of benzene rings is 1. The van der Waals surface area contributed by atoms with Crippen molar-refractivity contribution in [2.75, 3.05) is 18.8 Å². The number of nitrogens with two attached hydrogens (primary N) is 1. The standard InChI is InChI=1S/C12H17BrN2O/c13-11-4-1-5-12(14)10(11)8-15-6-2-3-9(16)7-15/h1,4-5,9,16H,2-3,6-8,14H2. The van der Waals surface area contributed by atoms with Crippen molar-refractivity contribution in [1.82, 2.24) is 4.90 Å². The average molecular weight is 285 g/mol. The Morgan fingerprint density at radius 3 is 3.00 bits per heavy atom. The van der Waals surface area contributed by atoms with Crippen molar-refractivity contribution in [2.24, 2.45) is 0 Å². The van der Waals surface area contributed by atoms with E-state index in [1.54, 1.807) is 0 Å². The molecule has 1 fully saturated rings. The van der Waals surface area contributed by atoms with Crippen LogP contribution in [0.1, 0.15) is 18.4 Å². The van der Waals surface area contributed by atoms with Gasteiger partial charge in [0.1, 0.15) is 0 Å². The fourth-order valence-electron chi connectivity index (χ4n) is 2.14.